The normalized spacial score (nSPS) is 18.1. The summed E-state index contributed by atoms with van der Waals surface area (Å²) in [6, 6.07) is 7.48. The van der Waals surface area contributed by atoms with Gasteiger partial charge in [-0.2, -0.15) is 0 Å². The Bertz CT molecular complexity index is 539. The van der Waals surface area contributed by atoms with E-state index >= 15 is 0 Å². The van der Waals surface area contributed by atoms with Crippen LogP contribution < -0.4 is 10.2 Å². The third kappa shape index (κ3) is 3.14. The lowest BCUT2D eigenvalue weighted by atomic mass is 10.1. The van der Waals surface area contributed by atoms with Gasteiger partial charge in [-0.1, -0.05) is 17.7 Å². The van der Waals surface area contributed by atoms with Crippen molar-refractivity contribution in [2.75, 3.05) is 18.0 Å². The van der Waals surface area contributed by atoms with Crippen LogP contribution in [0.15, 0.2) is 24.3 Å². The van der Waals surface area contributed by atoms with Crippen molar-refractivity contribution in [2.24, 2.45) is 5.92 Å². The predicted molar refractivity (Wildman–Crippen MR) is 72.3 cm³/mol. The first kappa shape index (κ1) is 14.0. The van der Waals surface area contributed by atoms with Gasteiger partial charge >= 0.3 is 5.97 Å². The van der Waals surface area contributed by atoms with Gasteiger partial charge in [-0.15, -0.1) is 0 Å². The van der Waals surface area contributed by atoms with Gasteiger partial charge in [0.2, 0.25) is 11.8 Å². The molecular weight excluding hydrogens is 260 g/mol. The molecule has 1 aromatic rings. The van der Waals surface area contributed by atoms with Crippen molar-refractivity contribution in [3.8, 4) is 0 Å². The molecule has 2 N–H and O–H groups in total. The van der Waals surface area contributed by atoms with E-state index < -0.39 is 24.3 Å². The number of amides is 2. The van der Waals surface area contributed by atoms with Crippen molar-refractivity contribution in [2.45, 2.75) is 13.3 Å². The van der Waals surface area contributed by atoms with Gasteiger partial charge in [0, 0.05) is 18.7 Å². The Kier molecular flexibility index (Phi) is 4.02. The van der Waals surface area contributed by atoms with Gasteiger partial charge in [-0.05, 0) is 19.1 Å². The van der Waals surface area contributed by atoms with E-state index in [0.29, 0.717) is 0 Å². The van der Waals surface area contributed by atoms with Crippen LogP contribution in [0.2, 0.25) is 0 Å². The van der Waals surface area contributed by atoms with Crippen LogP contribution in [0.3, 0.4) is 0 Å². The summed E-state index contributed by atoms with van der Waals surface area (Å²) in [6.07, 6.45) is 0.110. The van der Waals surface area contributed by atoms with Crippen LogP contribution in [0.1, 0.15) is 12.0 Å². The third-order valence-corrected chi connectivity index (χ3v) is 3.26. The lowest BCUT2D eigenvalue weighted by Gasteiger charge is -2.16. The molecule has 2 amide bonds. The quantitative estimate of drug-likeness (QED) is 0.840. The van der Waals surface area contributed by atoms with Crippen LogP contribution >= 0.6 is 0 Å². The summed E-state index contributed by atoms with van der Waals surface area (Å²) in [6.45, 7) is 1.82. The number of aryl methyl sites for hydroxylation is 1. The van der Waals surface area contributed by atoms with E-state index in [4.69, 9.17) is 5.11 Å². The Morgan fingerprint density at radius 3 is 2.60 bits per heavy atom. The fraction of sp³-hybridized carbons (Fsp3) is 0.357. The van der Waals surface area contributed by atoms with E-state index in [1.807, 2.05) is 31.2 Å². The van der Waals surface area contributed by atoms with E-state index in [0.717, 1.165) is 11.3 Å². The van der Waals surface area contributed by atoms with Crippen LogP contribution in [0.4, 0.5) is 5.69 Å². The van der Waals surface area contributed by atoms with E-state index in [-0.39, 0.29) is 18.9 Å². The molecule has 106 valence electrons. The highest BCUT2D eigenvalue weighted by Crippen LogP contribution is 2.25. The van der Waals surface area contributed by atoms with E-state index in [1.54, 1.807) is 4.90 Å². The average Bonchev–Trinajstić information content (AvgIpc) is 2.79. The lowest BCUT2D eigenvalue weighted by molar-refractivity contribution is -0.138. The first-order valence-corrected chi connectivity index (χ1v) is 6.34. The monoisotopic (exact) mass is 276 g/mol. The number of carbonyl (C=O) groups is 3. The molecule has 6 nitrogen and oxygen atoms in total. The van der Waals surface area contributed by atoms with Crippen molar-refractivity contribution in [1.29, 1.82) is 0 Å². The molecule has 1 aliphatic heterocycles. The number of benzene rings is 1. The number of aliphatic carboxylic acids is 1. The zero-order valence-electron chi connectivity index (χ0n) is 11.1. The maximum atomic E-state index is 11.9. The highest BCUT2D eigenvalue weighted by atomic mass is 16.4. The first-order valence-electron chi connectivity index (χ1n) is 6.34. The summed E-state index contributed by atoms with van der Waals surface area (Å²) in [4.78, 5) is 35.7. The number of rotatable bonds is 4. The predicted octanol–water partition coefficient (Wildman–Crippen LogP) is 0.549. The first-order chi connectivity index (χ1) is 9.47. The van der Waals surface area contributed by atoms with Crippen molar-refractivity contribution >= 4 is 23.5 Å². The molecule has 1 aromatic carbocycles. The minimum Gasteiger partial charge on any atom is -0.480 e. The largest absolute Gasteiger partial charge is 0.480 e. The number of carboxylic acid groups (broad SMARTS) is 1. The molecule has 0 bridgehead atoms. The SMILES string of the molecule is Cc1ccc(N2CC(C(=O)NCC(=O)O)CC2=O)cc1. The third-order valence-electron chi connectivity index (χ3n) is 3.26. The Labute approximate surface area is 116 Å². The molecule has 0 radical (unpaired) electrons. The molecule has 1 fully saturated rings. The Morgan fingerprint density at radius 2 is 2.00 bits per heavy atom. The maximum Gasteiger partial charge on any atom is 0.322 e. The molecule has 0 saturated carbocycles. The lowest BCUT2D eigenvalue weighted by Crippen LogP contribution is -2.36. The molecule has 0 aromatic heterocycles. The molecule has 1 atom stereocenters. The molecule has 0 aliphatic carbocycles. The summed E-state index contributed by atoms with van der Waals surface area (Å²) < 4.78 is 0. The van der Waals surface area contributed by atoms with Crippen molar-refractivity contribution in [3.05, 3.63) is 29.8 Å². The summed E-state index contributed by atoms with van der Waals surface area (Å²) in [5, 5.41) is 10.8. The zero-order chi connectivity index (χ0) is 14.7. The van der Waals surface area contributed by atoms with Crippen LogP contribution in [-0.2, 0) is 14.4 Å². The summed E-state index contributed by atoms with van der Waals surface area (Å²) in [5.74, 6) is -2.11. The molecule has 1 heterocycles. The minimum absolute atomic E-state index is 0.110. The fourth-order valence-corrected chi connectivity index (χ4v) is 2.16. The second-order valence-electron chi connectivity index (χ2n) is 4.85. The van der Waals surface area contributed by atoms with Crippen LogP contribution in [-0.4, -0.2) is 36.0 Å². The van der Waals surface area contributed by atoms with Gasteiger partial charge in [0.25, 0.3) is 0 Å². The summed E-state index contributed by atoms with van der Waals surface area (Å²) in [5.41, 5.74) is 1.85. The fourth-order valence-electron chi connectivity index (χ4n) is 2.16. The molecule has 1 unspecified atom stereocenters. The topological polar surface area (TPSA) is 86.7 Å². The Balaban J connectivity index is 2.01. The number of hydrogen-bond acceptors (Lipinski definition) is 3. The van der Waals surface area contributed by atoms with Crippen LogP contribution in [0.5, 0.6) is 0 Å². The van der Waals surface area contributed by atoms with E-state index in [1.165, 1.54) is 0 Å². The average molecular weight is 276 g/mol. The molecular formula is C14H16N2O4. The highest BCUT2D eigenvalue weighted by Gasteiger charge is 2.35. The Hall–Kier alpha value is -2.37. The molecule has 1 aliphatic rings. The van der Waals surface area contributed by atoms with Gasteiger partial charge in [0.1, 0.15) is 6.54 Å². The van der Waals surface area contributed by atoms with Crippen molar-refractivity contribution in [3.63, 3.8) is 0 Å². The molecule has 6 heteroatoms. The second-order valence-corrected chi connectivity index (χ2v) is 4.85. The molecule has 1 saturated heterocycles. The maximum absolute atomic E-state index is 11.9. The van der Waals surface area contributed by atoms with E-state index in [2.05, 4.69) is 5.32 Å². The van der Waals surface area contributed by atoms with Crippen molar-refractivity contribution < 1.29 is 19.5 Å². The highest BCUT2D eigenvalue weighted by molar-refractivity contribution is 6.00. The number of nitrogens with one attached hydrogen (secondary N) is 1. The van der Waals surface area contributed by atoms with E-state index in [9.17, 15) is 14.4 Å². The van der Waals surface area contributed by atoms with Crippen molar-refractivity contribution in [1.82, 2.24) is 5.32 Å². The van der Waals surface area contributed by atoms with Gasteiger partial charge < -0.3 is 15.3 Å². The second kappa shape index (κ2) is 5.73. The number of carboxylic acids is 1. The van der Waals surface area contributed by atoms with Crippen LogP contribution in [0, 0.1) is 12.8 Å². The zero-order valence-corrected chi connectivity index (χ0v) is 11.1. The number of hydrogen-bond donors (Lipinski definition) is 2. The van der Waals surface area contributed by atoms with Crippen LogP contribution in [0.25, 0.3) is 0 Å². The summed E-state index contributed by atoms with van der Waals surface area (Å²) >= 11 is 0. The van der Waals surface area contributed by atoms with Gasteiger partial charge in [-0.25, -0.2) is 0 Å². The van der Waals surface area contributed by atoms with Gasteiger partial charge in [-0.3, -0.25) is 14.4 Å². The standard InChI is InChI=1S/C14H16N2O4/c1-9-2-4-11(5-3-9)16-8-10(6-12(16)17)14(20)15-7-13(18)19/h2-5,10H,6-8H2,1H3,(H,15,20)(H,18,19). The molecule has 20 heavy (non-hydrogen) atoms. The molecule has 2 rings (SSSR count). The summed E-state index contributed by atoms with van der Waals surface area (Å²) in [7, 11) is 0. The minimum atomic E-state index is -1.10. The smallest absolute Gasteiger partial charge is 0.322 e. The van der Waals surface area contributed by atoms with Gasteiger partial charge in [0.15, 0.2) is 0 Å². The Morgan fingerprint density at radius 1 is 1.35 bits per heavy atom. The van der Waals surface area contributed by atoms with Gasteiger partial charge in [0.05, 0.1) is 5.92 Å². The number of nitrogens with zero attached hydrogens (tertiary/aromatic N) is 1. The number of carbonyl (C=O) groups excluding carboxylic acids is 2. The number of anilines is 1. The molecule has 0 spiro atoms.